The molecule has 0 aromatic heterocycles. The Balaban J connectivity index is 2.04. The van der Waals surface area contributed by atoms with Gasteiger partial charge in [0.05, 0.1) is 26.7 Å². The number of hydrogen-bond acceptors (Lipinski definition) is 7. The number of benzene rings is 2. The van der Waals surface area contributed by atoms with E-state index in [1.54, 1.807) is 38.3 Å². The first kappa shape index (κ1) is 24.9. The molecule has 0 spiro atoms. The van der Waals surface area contributed by atoms with Crippen molar-refractivity contribution in [2.45, 2.75) is 38.3 Å². The fraction of sp³-hybridized carbons (Fsp3) is 0.375. The summed E-state index contributed by atoms with van der Waals surface area (Å²) < 4.78 is 9.86. The highest BCUT2D eigenvalue weighted by Gasteiger charge is 2.25. The van der Waals surface area contributed by atoms with Gasteiger partial charge in [0.1, 0.15) is 11.8 Å². The number of nitrogens with one attached hydrogen (secondary N) is 2. The third-order valence-electron chi connectivity index (χ3n) is 5.01. The molecule has 2 aromatic rings. The summed E-state index contributed by atoms with van der Waals surface area (Å²) in [7, 11) is 2.90. The van der Waals surface area contributed by atoms with Gasteiger partial charge in [0.25, 0.3) is 0 Å². The van der Waals surface area contributed by atoms with Gasteiger partial charge < -0.3 is 25.2 Å². The normalized spacial score (nSPS) is 12.5. The number of ketones is 1. The predicted molar refractivity (Wildman–Crippen MR) is 121 cm³/mol. The highest BCUT2D eigenvalue weighted by atomic mass is 16.5. The highest BCUT2D eigenvalue weighted by molar-refractivity contribution is 6.06. The van der Waals surface area contributed by atoms with E-state index in [4.69, 9.17) is 9.47 Å². The molecule has 3 N–H and O–H groups in total. The molecular weight excluding hydrogens is 412 g/mol. The number of Topliss-reactive ketones (excluding diaryl/α,β-unsaturated/α-hetero) is 1. The number of methoxy groups -OCH3 is 2. The molecular formula is C24H30N2O6. The predicted octanol–water partition coefficient (Wildman–Crippen LogP) is 2.92. The fourth-order valence-electron chi connectivity index (χ4n) is 3.27. The van der Waals surface area contributed by atoms with Crippen LogP contribution in [0.25, 0.3) is 0 Å². The standard InChI is InChI=1S/C24H30N2O6/c1-16(24(30)32-3)26-20-9-5-4-8-19(20)23(29)21(15-22(27)28)25-14-6-7-17-10-12-18(31-2)13-11-17/h4-5,8-13,16,21,25-26H,6-7,14-15H2,1-3H3,(H,27,28)/t16?,21-/m0/s1. The van der Waals surface area contributed by atoms with E-state index in [1.165, 1.54) is 7.11 Å². The lowest BCUT2D eigenvalue weighted by Gasteiger charge is -2.20. The smallest absolute Gasteiger partial charge is 0.327 e. The summed E-state index contributed by atoms with van der Waals surface area (Å²) in [5.41, 5.74) is 1.89. The Morgan fingerprint density at radius 1 is 1.03 bits per heavy atom. The SMILES string of the molecule is COC(=O)C(C)Nc1ccccc1C(=O)[C@H](CC(=O)O)NCCCc1ccc(OC)cc1. The second-order valence-corrected chi connectivity index (χ2v) is 7.36. The molecule has 0 aliphatic heterocycles. The van der Waals surface area contributed by atoms with Crippen LogP contribution in [0.3, 0.4) is 0 Å². The summed E-state index contributed by atoms with van der Waals surface area (Å²) in [5, 5.41) is 15.4. The van der Waals surface area contributed by atoms with Gasteiger partial charge in [0, 0.05) is 11.3 Å². The molecule has 8 nitrogen and oxygen atoms in total. The molecule has 2 aromatic carbocycles. The number of ether oxygens (including phenoxy) is 2. The van der Waals surface area contributed by atoms with E-state index in [9.17, 15) is 19.5 Å². The Morgan fingerprint density at radius 3 is 2.34 bits per heavy atom. The minimum atomic E-state index is -1.07. The minimum absolute atomic E-state index is 0.317. The minimum Gasteiger partial charge on any atom is -0.497 e. The van der Waals surface area contributed by atoms with E-state index in [-0.39, 0.29) is 12.2 Å². The molecule has 0 saturated heterocycles. The summed E-state index contributed by atoms with van der Waals surface area (Å²) in [6.07, 6.45) is 1.16. The van der Waals surface area contributed by atoms with Gasteiger partial charge in [-0.1, -0.05) is 24.3 Å². The second kappa shape index (κ2) is 12.5. The fourth-order valence-corrected chi connectivity index (χ4v) is 3.27. The quantitative estimate of drug-likeness (QED) is 0.247. The summed E-state index contributed by atoms with van der Waals surface area (Å²) in [6.45, 7) is 2.10. The number of anilines is 1. The van der Waals surface area contributed by atoms with Crippen molar-refractivity contribution in [2.75, 3.05) is 26.1 Å². The van der Waals surface area contributed by atoms with Crippen molar-refractivity contribution in [3.8, 4) is 5.75 Å². The van der Waals surface area contributed by atoms with Crippen LogP contribution >= 0.6 is 0 Å². The average molecular weight is 443 g/mol. The van der Waals surface area contributed by atoms with Crippen LogP contribution in [-0.2, 0) is 20.7 Å². The molecule has 172 valence electrons. The maximum absolute atomic E-state index is 13.2. The van der Waals surface area contributed by atoms with Crippen LogP contribution in [0.2, 0.25) is 0 Å². The Bertz CT molecular complexity index is 913. The van der Waals surface area contributed by atoms with Crippen LogP contribution in [0.15, 0.2) is 48.5 Å². The third-order valence-corrected chi connectivity index (χ3v) is 5.01. The van der Waals surface area contributed by atoms with Crippen molar-refractivity contribution < 1.29 is 29.0 Å². The monoisotopic (exact) mass is 442 g/mol. The van der Waals surface area contributed by atoms with E-state index in [1.807, 2.05) is 24.3 Å². The lowest BCUT2D eigenvalue weighted by Crippen LogP contribution is -2.40. The molecule has 0 saturated carbocycles. The molecule has 0 amide bonds. The van der Waals surface area contributed by atoms with Gasteiger partial charge in [-0.15, -0.1) is 0 Å². The lowest BCUT2D eigenvalue weighted by molar-refractivity contribution is -0.141. The number of para-hydroxylation sites is 1. The molecule has 1 unspecified atom stereocenters. The summed E-state index contributed by atoms with van der Waals surface area (Å²) >= 11 is 0. The van der Waals surface area contributed by atoms with E-state index in [0.29, 0.717) is 17.8 Å². The van der Waals surface area contributed by atoms with Crippen molar-refractivity contribution in [3.05, 3.63) is 59.7 Å². The zero-order valence-corrected chi connectivity index (χ0v) is 18.6. The molecule has 0 aliphatic carbocycles. The van der Waals surface area contributed by atoms with Crippen molar-refractivity contribution >= 4 is 23.4 Å². The molecule has 2 rings (SSSR count). The number of rotatable bonds is 13. The van der Waals surface area contributed by atoms with E-state index < -0.39 is 24.0 Å². The summed E-state index contributed by atoms with van der Waals surface area (Å²) in [5.74, 6) is -1.10. The number of aryl methyl sites for hydroxylation is 1. The molecule has 8 heteroatoms. The summed E-state index contributed by atoms with van der Waals surface area (Å²) in [4.78, 5) is 36.3. The number of esters is 1. The number of carboxylic acid groups (broad SMARTS) is 1. The van der Waals surface area contributed by atoms with Crippen molar-refractivity contribution in [1.29, 1.82) is 0 Å². The first-order valence-electron chi connectivity index (χ1n) is 10.4. The van der Waals surface area contributed by atoms with Gasteiger partial charge >= 0.3 is 11.9 Å². The highest BCUT2D eigenvalue weighted by Crippen LogP contribution is 2.20. The Morgan fingerprint density at radius 2 is 1.72 bits per heavy atom. The van der Waals surface area contributed by atoms with E-state index >= 15 is 0 Å². The van der Waals surface area contributed by atoms with Gasteiger partial charge in [-0.05, 0) is 56.1 Å². The van der Waals surface area contributed by atoms with E-state index in [2.05, 4.69) is 10.6 Å². The van der Waals surface area contributed by atoms with Crippen LogP contribution in [-0.4, -0.2) is 55.7 Å². The lowest BCUT2D eigenvalue weighted by atomic mass is 9.99. The Kier molecular flexibility index (Phi) is 9.69. The third kappa shape index (κ3) is 7.39. The average Bonchev–Trinajstić information content (AvgIpc) is 2.80. The van der Waals surface area contributed by atoms with Gasteiger partial charge in [-0.25, -0.2) is 4.79 Å². The van der Waals surface area contributed by atoms with Crippen molar-refractivity contribution in [1.82, 2.24) is 5.32 Å². The molecule has 0 aliphatic rings. The van der Waals surface area contributed by atoms with Crippen LogP contribution < -0.4 is 15.4 Å². The van der Waals surface area contributed by atoms with E-state index in [0.717, 1.165) is 24.2 Å². The zero-order chi connectivity index (χ0) is 23.5. The van der Waals surface area contributed by atoms with Gasteiger partial charge in [-0.3, -0.25) is 9.59 Å². The maximum Gasteiger partial charge on any atom is 0.327 e. The van der Waals surface area contributed by atoms with Gasteiger partial charge in [-0.2, -0.15) is 0 Å². The molecule has 0 fully saturated rings. The molecule has 32 heavy (non-hydrogen) atoms. The van der Waals surface area contributed by atoms with Crippen molar-refractivity contribution in [2.24, 2.45) is 0 Å². The van der Waals surface area contributed by atoms with Crippen molar-refractivity contribution in [3.63, 3.8) is 0 Å². The van der Waals surface area contributed by atoms with Crippen LogP contribution in [0.5, 0.6) is 5.75 Å². The molecule has 0 heterocycles. The molecule has 0 bridgehead atoms. The van der Waals surface area contributed by atoms with Crippen LogP contribution in [0.4, 0.5) is 5.69 Å². The number of carbonyl (C=O) groups excluding carboxylic acids is 2. The van der Waals surface area contributed by atoms with Gasteiger partial charge in [0.15, 0.2) is 5.78 Å². The first-order chi connectivity index (χ1) is 15.3. The molecule has 2 atom stereocenters. The largest absolute Gasteiger partial charge is 0.497 e. The Hall–Kier alpha value is -3.39. The van der Waals surface area contributed by atoms with Gasteiger partial charge in [0.2, 0.25) is 0 Å². The molecule has 0 radical (unpaired) electrons. The number of carbonyl (C=O) groups is 3. The topological polar surface area (TPSA) is 114 Å². The number of hydrogen-bond donors (Lipinski definition) is 3. The first-order valence-corrected chi connectivity index (χ1v) is 10.4. The van der Waals surface area contributed by atoms with Crippen LogP contribution in [0, 0.1) is 0 Å². The number of aliphatic carboxylic acids is 1. The van der Waals surface area contributed by atoms with Crippen LogP contribution in [0.1, 0.15) is 35.7 Å². The second-order valence-electron chi connectivity index (χ2n) is 7.36. The zero-order valence-electron chi connectivity index (χ0n) is 18.6. The number of carboxylic acids is 1. The Labute approximate surface area is 187 Å². The maximum atomic E-state index is 13.2. The summed E-state index contributed by atoms with van der Waals surface area (Å²) in [6, 6.07) is 12.9.